The molecule has 1 unspecified atom stereocenters. The van der Waals surface area contributed by atoms with Crippen LogP contribution in [0.2, 0.25) is 0 Å². The Hall–Kier alpha value is -4.12. The largest absolute Gasteiger partial charge is 0.452 e. The SMILES string of the molecule is COC(=O)N1c2ccc(-c3ccc(N4CCCS4(=O)=O)cc3)cc2N(C(=O)Oc2ccccn2)CC1C. The van der Waals surface area contributed by atoms with Crippen molar-refractivity contribution in [1.29, 1.82) is 0 Å². The van der Waals surface area contributed by atoms with E-state index in [-0.39, 0.29) is 24.2 Å². The topological polar surface area (TPSA) is 109 Å². The lowest BCUT2D eigenvalue weighted by atomic mass is 10.0. The molecule has 1 atom stereocenters. The molecule has 10 nitrogen and oxygen atoms in total. The van der Waals surface area contributed by atoms with Gasteiger partial charge >= 0.3 is 12.2 Å². The Morgan fingerprint density at radius 3 is 2.38 bits per heavy atom. The van der Waals surface area contributed by atoms with Crippen molar-refractivity contribution >= 4 is 39.3 Å². The molecule has 2 amide bonds. The molecule has 1 saturated heterocycles. The molecule has 0 saturated carbocycles. The highest BCUT2D eigenvalue weighted by atomic mass is 32.2. The van der Waals surface area contributed by atoms with E-state index in [0.29, 0.717) is 30.0 Å². The van der Waals surface area contributed by atoms with Crippen LogP contribution in [0.25, 0.3) is 11.1 Å². The maximum absolute atomic E-state index is 13.2. The standard InChI is InChI=1S/C26H26N4O6S/c1-18-17-28(25(31)36-24-6-3-4-13-27-24)23-16-20(9-12-22(23)30(18)26(32)35-2)19-7-10-21(11-8-19)29-14-5-15-37(29,33)34/h3-4,6-13,16,18H,5,14-15,17H2,1-2H3. The minimum atomic E-state index is -3.27. The summed E-state index contributed by atoms with van der Waals surface area (Å²) in [5.74, 6) is 0.319. The van der Waals surface area contributed by atoms with Gasteiger partial charge in [0.25, 0.3) is 0 Å². The first-order valence-corrected chi connectivity index (χ1v) is 13.4. The van der Waals surface area contributed by atoms with Crippen LogP contribution in [0.1, 0.15) is 13.3 Å². The zero-order valence-corrected chi connectivity index (χ0v) is 21.2. The van der Waals surface area contributed by atoms with Crippen molar-refractivity contribution in [1.82, 2.24) is 4.98 Å². The molecule has 37 heavy (non-hydrogen) atoms. The van der Waals surface area contributed by atoms with Crippen LogP contribution in [0, 0.1) is 0 Å². The third-order valence-electron chi connectivity index (χ3n) is 6.42. The van der Waals surface area contributed by atoms with E-state index in [1.165, 1.54) is 27.4 Å². The molecule has 3 heterocycles. The van der Waals surface area contributed by atoms with Gasteiger partial charge in [0.2, 0.25) is 15.9 Å². The van der Waals surface area contributed by atoms with E-state index in [1.54, 1.807) is 42.5 Å². The van der Waals surface area contributed by atoms with Gasteiger partial charge in [-0.1, -0.05) is 24.3 Å². The summed E-state index contributed by atoms with van der Waals surface area (Å²) in [5.41, 5.74) is 3.21. The fourth-order valence-electron chi connectivity index (χ4n) is 4.66. The maximum Gasteiger partial charge on any atom is 0.421 e. The second kappa shape index (κ2) is 9.74. The molecule has 1 aromatic heterocycles. The summed E-state index contributed by atoms with van der Waals surface area (Å²) in [4.78, 5) is 32.8. The first-order valence-electron chi connectivity index (χ1n) is 11.8. The molecular weight excluding hydrogens is 496 g/mol. The van der Waals surface area contributed by atoms with Crippen molar-refractivity contribution in [3.05, 3.63) is 66.9 Å². The lowest BCUT2D eigenvalue weighted by Crippen LogP contribution is -2.52. The predicted octanol–water partition coefficient (Wildman–Crippen LogP) is 4.27. The third kappa shape index (κ3) is 4.69. The van der Waals surface area contributed by atoms with Gasteiger partial charge < -0.3 is 9.47 Å². The summed E-state index contributed by atoms with van der Waals surface area (Å²) < 4.78 is 36.5. The van der Waals surface area contributed by atoms with Crippen LogP contribution in [0.5, 0.6) is 5.88 Å². The van der Waals surface area contributed by atoms with E-state index in [1.807, 2.05) is 25.1 Å². The van der Waals surface area contributed by atoms with Gasteiger partial charge in [-0.3, -0.25) is 14.1 Å². The number of hydrogen-bond acceptors (Lipinski definition) is 7. The number of benzene rings is 2. The van der Waals surface area contributed by atoms with Crippen LogP contribution in [-0.2, 0) is 14.8 Å². The number of rotatable bonds is 3. The minimum Gasteiger partial charge on any atom is -0.452 e. The van der Waals surface area contributed by atoms with Gasteiger partial charge in [-0.15, -0.1) is 0 Å². The summed E-state index contributed by atoms with van der Waals surface area (Å²) in [6, 6.07) is 17.3. The number of nitrogens with zero attached hydrogens (tertiary/aromatic N) is 4. The normalized spacial score (nSPS) is 18.3. The molecule has 0 N–H and O–H groups in total. The first kappa shape index (κ1) is 24.6. The lowest BCUT2D eigenvalue weighted by molar-refractivity contribution is 0.175. The first-order chi connectivity index (χ1) is 17.8. The van der Waals surface area contributed by atoms with Crippen LogP contribution in [0.4, 0.5) is 26.7 Å². The molecule has 0 aliphatic carbocycles. The highest BCUT2D eigenvalue weighted by Crippen LogP contribution is 2.40. The van der Waals surface area contributed by atoms with Gasteiger partial charge in [0.15, 0.2) is 0 Å². The number of pyridine rings is 1. The minimum absolute atomic E-state index is 0.152. The molecule has 0 spiro atoms. The van der Waals surface area contributed by atoms with Crippen molar-refractivity contribution < 1.29 is 27.5 Å². The number of ether oxygens (including phenoxy) is 2. The van der Waals surface area contributed by atoms with Gasteiger partial charge in [0.05, 0.1) is 42.5 Å². The number of carbonyl (C=O) groups excluding carboxylic acids is 2. The zero-order chi connectivity index (χ0) is 26.2. The Balaban J connectivity index is 1.51. The average molecular weight is 523 g/mol. The van der Waals surface area contributed by atoms with Gasteiger partial charge in [0, 0.05) is 18.8 Å². The summed E-state index contributed by atoms with van der Waals surface area (Å²) in [7, 11) is -1.96. The van der Waals surface area contributed by atoms with E-state index in [9.17, 15) is 18.0 Å². The smallest absolute Gasteiger partial charge is 0.421 e. The number of sulfonamides is 1. The van der Waals surface area contributed by atoms with Crippen molar-refractivity contribution in [2.75, 3.05) is 40.1 Å². The Morgan fingerprint density at radius 1 is 0.973 bits per heavy atom. The maximum atomic E-state index is 13.2. The Kier molecular flexibility index (Phi) is 6.46. The fourth-order valence-corrected chi connectivity index (χ4v) is 6.22. The van der Waals surface area contributed by atoms with Crippen LogP contribution in [0.15, 0.2) is 66.9 Å². The molecule has 1 fully saturated rings. The zero-order valence-electron chi connectivity index (χ0n) is 20.4. The number of aromatic nitrogens is 1. The van der Waals surface area contributed by atoms with E-state index in [0.717, 1.165) is 11.1 Å². The molecule has 192 valence electrons. The van der Waals surface area contributed by atoms with Crippen molar-refractivity contribution in [3.63, 3.8) is 0 Å². The molecule has 0 bridgehead atoms. The second-order valence-electron chi connectivity index (χ2n) is 8.83. The van der Waals surface area contributed by atoms with Gasteiger partial charge in [-0.25, -0.2) is 23.0 Å². The second-order valence-corrected chi connectivity index (χ2v) is 10.8. The number of anilines is 3. The lowest BCUT2D eigenvalue weighted by Gasteiger charge is -2.39. The Morgan fingerprint density at radius 2 is 1.73 bits per heavy atom. The molecule has 2 aliphatic heterocycles. The van der Waals surface area contributed by atoms with Gasteiger partial charge in [-0.2, -0.15) is 0 Å². The number of fused-ring (bicyclic) bond motifs is 1. The Labute approximate surface area is 215 Å². The van der Waals surface area contributed by atoms with Crippen molar-refractivity contribution in [3.8, 4) is 17.0 Å². The summed E-state index contributed by atoms with van der Waals surface area (Å²) in [6.45, 7) is 2.47. The number of carbonyl (C=O) groups is 2. The summed E-state index contributed by atoms with van der Waals surface area (Å²) in [5, 5.41) is 0. The highest BCUT2D eigenvalue weighted by Gasteiger charge is 2.37. The average Bonchev–Trinajstić information content (AvgIpc) is 3.27. The summed E-state index contributed by atoms with van der Waals surface area (Å²) in [6.07, 6.45) is 0.983. The van der Waals surface area contributed by atoms with E-state index < -0.39 is 22.2 Å². The van der Waals surface area contributed by atoms with Crippen molar-refractivity contribution in [2.24, 2.45) is 0 Å². The molecular formula is C26H26N4O6S. The van der Waals surface area contributed by atoms with Crippen molar-refractivity contribution in [2.45, 2.75) is 19.4 Å². The van der Waals surface area contributed by atoms with Crippen LogP contribution in [0.3, 0.4) is 0 Å². The Bertz CT molecular complexity index is 1430. The van der Waals surface area contributed by atoms with Crippen LogP contribution >= 0.6 is 0 Å². The van der Waals surface area contributed by atoms with Gasteiger partial charge in [0.1, 0.15) is 0 Å². The molecule has 2 aromatic carbocycles. The quantitative estimate of drug-likeness (QED) is 0.505. The van der Waals surface area contributed by atoms with E-state index in [4.69, 9.17) is 9.47 Å². The van der Waals surface area contributed by atoms with Crippen LogP contribution < -0.4 is 18.8 Å². The number of methoxy groups -OCH3 is 1. The fraction of sp³-hybridized carbons (Fsp3) is 0.269. The molecule has 5 rings (SSSR count). The molecule has 0 radical (unpaired) electrons. The summed E-state index contributed by atoms with van der Waals surface area (Å²) >= 11 is 0. The van der Waals surface area contributed by atoms with Crippen LogP contribution in [-0.4, -0.2) is 57.6 Å². The van der Waals surface area contributed by atoms with E-state index in [2.05, 4.69) is 4.98 Å². The predicted molar refractivity (Wildman–Crippen MR) is 140 cm³/mol. The molecule has 2 aliphatic rings. The molecule has 3 aromatic rings. The number of amides is 2. The highest BCUT2D eigenvalue weighted by molar-refractivity contribution is 7.93. The third-order valence-corrected chi connectivity index (χ3v) is 8.29. The monoisotopic (exact) mass is 522 g/mol. The molecule has 11 heteroatoms. The number of hydrogen-bond donors (Lipinski definition) is 0. The van der Waals surface area contributed by atoms with Gasteiger partial charge in [-0.05, 0) is 54.8 Å². The van der Waals surface area contributed by atoms with E-state index >= 15 is 0 Å².